The maximum atomic E-state index is 14.1. The number of nitrogens with one attached hydrogen (secondary N) is 1. The van der Waals surface area contributed by atoms with Gasteiger partial charge >= 0.3 is 11.9 Å². The molecule has 3 aliphatic rings. The third kappa shape index (κ3) is 3.58. The molecule has 0 aliphatic carbocycles. The fourth-order valence-electron chi connectivity index (χ4n) is 6.41. The standard InChI is InChI=1S/C31H30N2O6/c1-4-36-28(34)30(29(35)37-5-2)25(20-13-7-6-12-19(20)3)26-27(33-30)21-14-8-11-17-24(21)39-31(26)22-15-9-10-16-23(22)32-18-38-31/h6-18,25-27,33H,4-5H2,1-3H3/t25-,26-,27-,31+/m1/s1. The first kappa shape index (κ1) is 25.1. The minimum Gasteiger partial charge on any atom is -0.464 e. The Hall–Kier alpha value is -4.17. The molecule has 0 unspecified atom stereocenters. The number of aliphatic imine (C=N–C) groups is 1. The van der Waals surface area contributed by atoms with Crippen molar-refractivity contribution in [1.82, 2.24) is 5.32 Å². The van der Waals surface area contributed by atoms with Crippen LogP contribution in [0.4, 0.5) is 5.69 Å². The van der Waals surface area contributed by atoms with E-state index in [-0.39, 0.29) is 13.2 Å². The molecule has 3 aromatic carbocycles. The maximum absolute atomic E-state index is 14.1. The Morgan fingerprint density at radius 3 is 2.26 bits per heavy atom. The van der Waals surface area contributed by atoms with E-state index in [4.69, 9.17) is 18.9 Å². The molecule has 200 valence electrons. The van der Waals surface area contributed by atoms with Crippen molar-refractivity contribution in [2.45, 2.75) is 44.1 Å². The molecule has 8 heteroatoms. The highest BCUT2D eigenvalue weighted by molar-refractivity contribution is 6.07. The van der Waals surface area contributed by atoms with Crippen LogP contribution in [0, 0.1) is 12.8 Å². The molecule has 0 radical (unpaired) electrons. The van der Waals surface area contributed by atoms with Crippen molar-refractivity contribution < 1.29 is 28.5 Å². The third-order valence-corrected chi connectivity index (χ3v) is 7.94. The van der Waals surface area contributed by atoms with Gasteiger partial charge in [0.05, 0.1) is 30.4 Å². The van der Waals surface area contributed by atoms with Gasteiger partial charge in [0.1, 0.15) is 5.75 Å². The fraction of sp³-hybridized carbons (Fsp3) is 0.323. The zero-order valence-corrected chi connectivity index (χ0v) is 22.0. The fourth-order valence-corrected chi connectivity index (χ4v) is 6.41. The van der Waals surface area contributed by atoms with E-state index in [9.17, 15) is 9.59 Å². The van der Waals surface area contributed by atoms with Gasteiger partial charge in [-0.25, -0.2) is 14.6 Å². The molecule has 0 aromatic heterocycles. The van der Waals surface area contributed by atoms with Crippen LogP contribution in [0.3, 0.4) is 0 Å². The van der Waals surface area contributed by atoms with E-state index in [0.717, 1.165) is 16.7 Å². The van der Waals surface area contributed by atoms with Crippen molar-refractivity contribution in [2.24, 2.45) is 10.9 Å². The van der Waals surface area contributed by atoms with Crippen LogP contribution in [0.25, 0.3) is 0 Å². The topological polar surface area (TPSA) is 95.5 Å². The number of nitrogens with zero attached hydrogens (tertiary/aromatic N) is 1. The molecule has 1 spiro atoms. The summed E-state index contributed by atoms with van der Waals surface area (Å²) in [7, 11) is 0. The first-order valence-electron chi connectivity index (χ1n) is 13.2. The Labute approximate surface area is 226 Å². The lowest BCUT2D eigenvalue weighted by Crippen LogP contribution is -2.60. The Morgan fingerprint density at radius 1 is 0.897 bits per heavy atom. The van der Waals surface area contributed by atoms with Gasteiger partial charge in [-0.2, -0.15) is 0 Å². The number of benzene rings is 3. The first-order chi connectivity index (χ1) is 19.0. The molecule has 4 atom stereocenters. The molecule has 0 amide bonds. The first-order valence-corrected chi connectivity index (χ1v) is 13.2. The van der Waals surface area contributed by atoms with E-state index in [1.807, 2.05) is 79.7 Å². The number of aryl methyl sites for hydroxylation is 1. The molecule has 1 N–H and O–H groups in total. The Balaban J connectivity index is 1.70. The molecule has 1 saturated heterocycles. The third-order valence-electron chi connectivity index (χ3n) is 7.94. The van der Waals surface area contributed by atoms with Crippen molar-refractivity contribution in [2.75, 3.05) is 13.2 Å². The highest BCUT2D eigenvalue weighted by Crippen LogP contribution is 2.63. The molecule has 39 heavy (non-hydrogen) atoms. The number of carbonyl (C=O) groups is 2. The molecule has 8 nitrogen and oxygen atoms in total. The molecule has 3 aromatic rings. The summed E-state index contributed by atoms with van der Waals surface area (Å²) in [5.41, 5.74) is 2.05. The van der Waals surface area contributed by atoms with Crippen LogP contribution in [0.15, 0.2) is 77.8 Å². The van der Waals surface area contributed by atoms with Gasteiger partial charge < -0.3 is 18.9 Å². The van der Waals surface area contributed by atoms with Gasteiger partial charge in [-0.3, -0.25) is 5.32 Å². The highest BCUT2D eigenvalue weighted by atomic mass is 16.7. The average molecular weight is 527 g/mol. The van der Waals surface area contributed by atoms with E-state index in [2.05, 4.69) is 10.3 Å². The lowest BCUT2D eigenvalue weighted by atomic mass is 9.67. The van der Waals surface area contributed by atoms with E-state index >= 15 is 0 Å². The summed E-state index contributed by atoms with van der Waals surface area (Å²) in [6.45, 7) is 5.60. The summed E-state index contributed by atoms with van der Waals surface area (Å²) in [5, 5.41) is 3.46. The molecular weight excluding hydrogens is 496 g/mol. The highest BCUT2D eigenvalue weighted by Gasteiger charge is 2.73. The quantitative estimate of drug-likeness (QED) is 0.376. The molecular formula is C31H30N2O6. The zero-order chi connectivity index (χ0) is 27.2. The predicted octanol–water partition coefficient (Wildman–Crippen LogP) is 4.84. The summed E-state index contributed by atoms with van der Waals surface area (Å²) in [6.07, 6.45) is 1.39. The van der Waals surface area contributed by atoms with Crippen LogP contribution in [0.5, 0.6) is 5.75 Å². The minimum atomic E-state index is -1.87. The van der Waals surface area contributed by atoms with E-state index in [1.54, 1.807) is 13.8 Å². The Bertz CT molecular complexity index is 1450. The van der Waals surface area contributed by atoms with Crippen LogP contribution >= 0.6 is 0 Å². The number of carbonyl (C=O) groups excluding carboxylic acids is 2. The van der Waals surface area contributed by atoms with Crippen molar-refractivity contribution in [3.05, 3.63) is 95.1 Å². The second-order valence-corrected chi connectivity index (χ2v) is 9.91. The van der Waals surface area contributed by atoms with Crippen LogP contribution in [-0.2, 0) is 29.6 Å². The van der Waals surface area contributed by atoms with Crippen molar-refractivity contribution in [3.8, 4) is 5.75 Å². The van der Waals surface area contributed by atoms with E-state index in [0.29, 0.717) is 17.0 Å². The lowest BCUT2D eigenvalue weighted by Gasteiger charge is -2.48. The van der Waals surface area contributed by atoms with Gasteiger partial charge in [-0.15, -0.1) is 0 Å². The molecule has 0 saturated carbocycles. The van der Waals surface area contributed by atoms with Gasteiger partial charge in [0.2, 0.25) is 5.54 Å². The normalized spacial score (nSPS) is 25.5. The monoisotopic (exact) mass is 526 g/mol. The number of rotatable bonds is 5. The zero-order valence-electron chi connectivity index (χ0n) is 22.0. The van der Waals surface area contributed by atoms with Gasteiger partial charge in [-0.1, -0.05) is 54.6 Å². The number of fused-ring (bicyclic) bond motifs is 6. The molecule has 0 bridgehead atoms. The number of hydrogen-bond acceptors (Lipinski definition) is 8. The van der Waals surface area contributed by atoms with E-state index < -0.39 is 41.1 Å². The molecule has 3 aliphatic heterocycles. The summed E-state index contributed by atoms with van der Waals surface area (Å²) < 4.78 is 24.5. The molecule has 3 heterocycles. The van der Waals surface area contributed by atoms with Crippen LogP contribution < -0.4 is 10.1 Å². The predicted molar refractivity (Wildman–Crippen MR) is 144 cm³/mol. The van der Waals surface area contributed by atoms with Crippen LogP contribution in [0.2, 0.25) is 0 Å². The summed E-state index contributed by atoms with van der Waals surface area (Å²) in [5.74, 6) is -3.60. The Morgan fingerprint density at radius 2 is 1.54 bits per heavy atom. The van der Waals surface area contributed by atoms with Crippen molar-refractivity contribution >= 4 is 24.0 Å². The van der Waals surface area contributed by atoms with Crippen molar-refractivity contribution in [1.29, 1.82) is 0 Å². The largest absolute Gasteiger partial charge is 0.464 e. The number of para-hydroxylation sites is 2. The maximum Gasteiger partial charge on any atom is 0.338 e. The van der Waals surface area contributed by atoms with Gasteiger partial charge in [-0.05, 0) is 50.1 Å². The van der Waals surface area contributed by atoms with Crippen molar-refractivity contribution in [3.63, 3.8) is 0 Å². The summed E-state index contributed by atoms with van der Waals surface area (Å²) in [4.78, 5) is 32.6. The molecule has 1 fully saturated rings. The summed E-state index contributed by atoms with van der Waals surface area (Å²) in [6, 6.07) is 22.4. The van der Waals surface area contributed by atoms with Gasteiger partial charge in [0.15, 0.2) is 6.40 Å². The van der Waals surface area contributed by atoms with Crippen LogP contribution in [-0.4, -0.2) is 37.1 Å². The Kier molecular flexibility index (Phi) is 6.14. The average Bonchev–Trinajstić information content (AvgIpc) is 3.32. The van der Waals surface area contributed by atoms with Gasteiger partial charge in [0.25, 0.3) is 5.79 Å². The second-order valence-electron chi connectivity index (χ2n) is 9.91. The smallest absolute Gasteiger partial charge is 0.338 e. The summed E-state index contributed by atoms with van der Waals surface area (Å²) >= 11 is 0. The minimum absolute atomic E-state index is 0.0989. The second kappa shape index (κ2) is 9.54. The number of ether oxygens (including phenoxy) is 4. The molecule has 6 rings (SSSR count). The number of hydrogen-bond donors (Lipinski definition) is 1. The SMILES string of the molecule is CCOC(=O)C1(C(=O)OCC)N[C@@H]2c3ccccc3O[C@]3(OC=Nc4ccccc43)[C@@H]2[C@H]1c1ccccc1C. The van der Waals surface area contributed by atoms with Gasteiger partial charge in [0, 0.05) is 17.5 Å². The van der Waals surface area contributed by atoms with E-state index in [1.165, 1.54) is 6.40 Å². The number of esters is 2. The van der Waals surface area contributed by atoms with Crippen LogP contribution in [0.1, 0.15) is 48.1 Å². The lowest BCUT2D eigenvalue weighted by molar-refractivity contribution is -0.192.